The van der Waals surface area contributed by atoms with Crippen LogP contribution < -0.4 is 0 Å². The molecule has 0 saturated heterocycles. The van der Waals surface area contributed by atoms with Crippen molar-refractivity contribution in [1.29, 1.82) is 0 Å². The summed E-state index contributed by atoms with van der Waals surface area (Å²) in [6.45, 7) is 2.88. The van der Waals surface area contributed by atoms with E-state index in [9.17, 15) is 26.7 Å². The van der Waals surface area contributed by atoms with Gasteiger partial charge in [0.1, 0.15) is 17.0 Å². The molecule has 35 heavy (non-hydrogen) atoms. The summed E-state index contributed by atoms with van der Waals surface area (Å²) in [5.41, 5.74) is -1.89. The van der Waals surface area contributed by atoms with E-state index in [-0.39, 0.29) is 27.0 Å². The average Bonchev–Trinajstić information content (AvgIpc) is 3.37. The molecule has 3 heterocycles. The summed E-state index contributed by atoms with van der Waals surface area (Å²) in [6.07, 6.45) is -1.66. The highest BCUT2D eigenvalue weighted by atomic mass is 35.5. The molecule has 1 aromatic carbocycles. The van der Waals surface area contributed by atoms with Crippen molar-refractivity contribution in [2.24, 2.45) is 0 Å². The molecule has 184 valence electrons. The third-order valence-electron chi connectivity index (χ3n) is 5.15. The summed E-state index contributed by atoms with van der Waals surface area (Å²) >= 11 is 7.83. The maximum atomic E-state index is 13.7. The van der Waals surface area contributed by atoms with Crippen LogP contribution in [-0.2, 0) is 21.6 Å². The second kappa shape index (κ2) is 8.74. The summed E-state index contributed by atoms with van der Waals surface area (Å²) in [5, 5.41) is 14.9. The van der Waals surface area contributed by atoms with Crippen LogP contribution >= 0.6 is 22.9 Å². The SMILES string of the molecule is CC(C)(O)c1nn(-c2ccncc2C(F)(F)F)c(-c2ccc(-c3ccc(S(C)(=O)=O)cc3)s2)c1Cl. The largest absolute Gasteiger partial charge is 0.419 e. The first kappa shape index (κ1) is 25.4. The number of benzene rings is 1. The lowest BCUT2D eigenvalue weighted by Crippen LogP contribution is -2.18. The minimum atomic E-state index is -4.70. The number of alkyl halides is 3. The highest BCUT2D eigenvalue weighted by Crippen LogP contribution is 2.44. The fourth-order valence-electron chi connectivity index (χ4n) is 3.45. The van der Waals surface area contributed by atoms with Crippen LogP contribution in [0.15, 0.2) is 59.8 Å². The lowest BCUT2D eigenvalue weighted by molar-refractivity contribution is -0.137. The van der Waals surface area contributed by atoms with Crippen LogP contribution in [0.25, 0.3) is 26.7 Å². The Balaban J connectivity index is 1.90. The van der Waals surface area contributed by atoms with Gasteiger partial charge in [0.15, 0.2) is 9.84 Å². The van der Waals surface area contributed by atoms with Gasteiger partial charge in [0.25, 0.3) is 0 Å². The maximum absolute atomic E-state index is 13.7. The Morgan fingerprint density at radius 3 is 2.23 bits per heavy atom. The third kappa shape index (κ3) is 4.99. The first-order chi connectivity index (χ1) is 16.2. The molecule has 4 aromatic rings. The van der Waals surface area contributed by atoms with Crippen molar-refractivity contribution in [2.75, 3.05) is 6.26 Å². The van der Waals surface area contributed by atoms with Gasteiger partial charge < -0.3 is 5.11 Å². The maximum Gasteiger partial charge on any atom is 0.419 e. The molecular weight excluding hydrogens is 523 g/mol. The van der Waals surface area contributed by atoms with Gasteiger partial charge in [-0.05, 0) is 49.7 Å². The summed E-state index contributed by atoms with van der Waals surface area (Å²) in [6, 6.07) is 10.9. The van der Waals surface area contributed by atoms with Crippen LogP contribution in [0.5, 0.6) is 0 Å². The second-order valence-electron chi connectivity index (χ2n) is 8.33. The minimum Gasteiger partial charge on any atom is -0.384 e. The van der Waals surface area contributed by atoms with Gasteiger partial charge >= 0.3 is 6.18 Å². The smallest absolute Gasteiger partial charge is 0.384 e. The minimum absolute atomic E-state index is 0.0169. The predicted octanol–water partition coefficient (Wildman–Crippen LogP) is 5.97. The highest BCUT2D eigenvalue weighted by Gasteiger charge is 2.37. The van der Waals surface area contributed by atoms with Crippen LogP contribution in [0.2, 0.25) is 5.02 Å². The number of aliphatic hydroxyl groups is 1. The number of pyridine rings is 1. The van der Waals surface area contributed by atoms with E-state index in [0.717, 1.165) is 21.4 Å². The molecule has 0 aliphatic rings. The second-order valence-corrected chi connectivity index (χ2v) is 11.8. The standard InChI is InChI=1S/C23H19ClF3N3O3S2/c1-22(2,31)21-19(24)20(30(29-21)16-10-11-28-12-15(16)23(25,26)27)18-9-8-17(34-18)13-4-6-14(7-5-13)35(3,32)33/h4-12,31H,1-3H3. The van der Waals surface area contributed by atoms with Crippen LogP contribution in [0.3, 0.4) is 0 Å². The van der Waals surface area contributed by atoms with Gasteiger partial charge in [0, 0.05) is 23.5 Å². The Labute approximate surface area is 208 Å². The van der Waals surface area contributed by atoms with Gasteiger partial charge in [-0.15, -0.1) is 11.3 Å². The molecule has 6 nitrogen and oxygen atoms in total. The van der Waals surface area contributed by atoms with Crippen molar-refractivity contribution in [1.82, 2.24) is 14.8 Å². The van der Waals surface area contributed by atoms with Crippen molar-refractivity contribution in [3.8, 4) is 26.7 Å². The van der Waals surface area contributed by atoms with Gasteiger partial charge in [-0.2, -0.15) is 18.3 Å². The molecule has 0 amide bonds. The molecule has 0 radical (unpaired) electrons. The zero-order valence-corrected chi connectivity index (χ0v) is 21.0. The molecule has 0 atom stereocenters. The molecule has 4 rings (SSSR count). The summed E-state index contributed by atoms with van der Waals surface area (Å²) < 4.78 is 65.8. The van der Waals surface area contributed by atoms with E-state index >= 15 is 0 Å². The Bertz CT molecular complexity index is 1500. The molecule has 0 aliphatic carbocycles. The lowest BCUT2D eigenvalue weighted by atomic mass is 10.1. The number of nitrogens with zero attached hydrogens (tertiary/aromatic N) is 3. The van der Waals surface area contributed by atoms with Gasteiger partial charge in [-0.1, -0.05) is 23.7 Å². The molecule has 3 aromatic heterocycles. The Hall–Kier alpha value is -2.73. The van der Waals surface area contributed by atoms with Crippen LogP contribution in [0.1, 0.15) is 25.1 Å². The summed E-state index contributed by atoms with van der Waals surface area (Å²) in [7, 11) is -3.36. The number of halogens is 4. The average molecular weight is 542 g/mol. The number of aromatic nitrogens is 3. The highest BCUT2D eigenvalue weighted by molar-refractivity contribution is 7.90. The van der Waals surface area contributed by atoms with Crippen molar-refractivity contribution in [2.45, 2.75) is 30.5 Å². The van der Waals surface area contributed by atoms with E-state index in [2.05, 4.69) is 10.1 Å². The normalized spacial score (nSPS) is 12.8. The Morgan fingerprint density at radius 2 is 1.66 bits per heavy atom. The fourth-order valence-corrected chi connectivity index (χ4v) is 5.64. The quantitative estimate of drug-likeness (QED) is 0.337. The zero-order chi connectivity index (χ0) is 25.8. The number of rotatable bonds is 5. The van der Waals surface area contributed by atoms with E-state index in [4.69, 9.17) is 11.6 Å². The Morgan fingerprint density at radius 1 is 1.03 bits per heavy atom. The molecule has 12 heteroatoms. The van der Waals surface area contributed by atoms with E-state index in [1.54, 1.807) is 24.3 Å². The third-order valence-corrected chi connectivity index (χ3v) is 7.77. The molecule has 0 fully saturated rings. The molecule has 0 saturated carbocycles. The van der Waals surface area contributed by atoms with Crippen LogP contribution in [0, 0.1) is 0 Å². The molecule has 0 unspecified atom stereocenters. The first-order valence-electron chi connectivity index (χ1n) is 10.1. The lowest BCUT2D eigenvalue weighted by Gasteiger charge is -2.15. The molecule has 1 N–H and O–H groups in total. The number of thiophene rings is 1. The predicted molar refractivity (Wildman–Crippen MR) is 128 cm³/mol. The molecular formula is C23H19ClF3N3O3S2. The molecule has 0 aliphatic heterocycles. The van der Waals surface area contributed by atoms with E-state index in [1.165, 1.54) is 49.6 Å². The zero-order valence-electron chi connectivity index (χ0n) is 18.6. The monoisotopic (exact) mass is 541 g/mol. The van der Waals surface area contributed by atoms with Gasteiger partial charge in [-0.3, -0.25) is 4.98 Å². The number of hydrogen-bond donors (Lipinski definition) is 1. The van der Waals surface area contributed by atoms with E-state index < -0.39 is 27.2 Å². The Kier molecular flexibility index (Phi) is 6.33. The molecule has 0 bridgehead atoms. The van der Waals surface area contributed by atoms with Crippen molar-refractivity contribution >= 4 is 32.8 Å². The summed E-state index contributed by atoms with van der Waals surface area (Å²) in [5.74, 6) is 0. The van der Waals surface area contributed by atoms with Crippen molar-refractivity contribution < 1.29 is 26.7 Å². The van der Waals surface area contributed by atoms with Gasteiger partial charge in [0.2, 0.25) is 0 Å². The van der Waals surface area contributed by atoms with Crippen molar-refractivity contribution in [3.05, 3.63) is 71.1 Å². The van der Waals surface area contributed by atoms with Crippen LogP contribution in [-0.4, -0.2) is 34.5 Å². The topological polar surface area (TPSA) is 85.1 Å². The molecule has 0 spiro atoms. The number of sulfone groups is 1. The van der Waals surface area contributed by atoms with Gasteiger partial charge in [-0.25, -0.2) is 13.1 Å². The number of hydrogen-bond acceptors (Lipinski definition) is 6. The van der Waals surface area contributed by atoms with Crippen molar-refractivity contribution in [3.63, 3.8) is 0 Å². The van der Waals surface area contributed by atoms with E-state index in [1.807, 2.05) is 0 Å². The van der Waals surface area contributed by atoms with Crippen LogP contribution in [0.4, 0.5) is 13.2 Å². The van der Waals surface area contributed by atoms with E-state index in [0.29, 0.717) is 11.1 Å². The fraction of sp³-hybridized carbons (Fsp3) is 0.217. The summed E-state index contributed by atoms with van der Waals surface area (Å²) in [4.78, 5) is 5.01. The first-order valence-corrected chi connectivity index (χ1v) is 13.2. The van der Waals surface area contributed by atoms with Gasteiger partial charge in [0.05, 0.1) is 26.0 Å².